The minimum absolute atomic E-state index is 0.100. The second-order valence-corrected chi connectivity index (χ2v) is 3.91. The van der Waals surface area contributed by atoms with Crippen LogP contribution in [0.4, 0.5) is 4.39 Å². The van der Waals surface area contributed by atoms with E-state index < -0.39 is 6.67 Å². The quantitative estimate of drug-likeness (QED) is 0.337. The van der Waals surface area contributed by atoms with Gasteiger partial charge < -0.3 is 4.90 Å². The van der Waals surface area contributed by atoms with Crippen molar-refractivity contribution in [3.8, 4) is 0 Å². The number of piperazine rings is 1. The first-order chi connectivity index (χ1) is 6.72. The average Bonchev–Trinajstić information content (AvgIpc) is 2.26. The van der Waals surface area contributed by atoms with Crippen LogP contribution in [0.2, 0.25) is 0 Å². The number of rotatable bonds is 3. The van der Waals surface area contributed by atoms with Gasteiger partial charge in [-0.25, -0.2) is 4.39 Å². The van der Waals surface area contributed by atoms with Crippen molar-refractivity contribution < 1.29 is 9.18 Å². The summed E-state index contributed by atoms with van der Waals surface area (Å²) in [6.07, 6.45) is 1.29. The van der Waals surface area contributed by atoms with Crippen molar-refractivity contribution in [2.45, 2.75) is 6.04 Å². The van der Waals surface area contributed by atoms with Crippen LogP contribution in [0.1, 0.15) is 0 Å². The molecule has 0 aromatic heterocycles. The van der Waals surface area contributed by atoms with Gasteiger partial charge in [-0.1, -0.05) is 29.2 Å². The van der Waals surface area contributed by atoms with Gasteiger partial charge in [0.1, 0.15) is 6.67 Å². The fourth-order valence-corrected chi connectivity index (χ4v) is 2.42. The molecule has 5 heteroatoms. The molecule has 3 nitrogen and oxygen atoms in total. The van der Waals surface area contributed by atoms with E-state index in [0.29, 0.717) is 13.1 Å². The Balaban J connectivity index is 2.56. The molecule has 0 aromatic rings. The SMILES string of the molecule is C=CC(=O)N1CCN(CI)C(CF)C1. The molecule has 1 aliphatic rings. The van der Waals surface area contributed by atoms with Gasteiger partial charge in [-0.05, 0) is 6.08 Å². The van der Waals surface area contributed by atoms with Gasteiger partial charge in [-0.3, -0.25) is 9.69 Å². The zero-order chi connectivity index (χ0) is 10.6. The topological polar surface area (TPSA) is 23.6 Å². The Morgan fingerprint density at radius 2 is 2.36 bits per heavy atom. The summed E-state index contributed by atoms with van der Waals surface area (Å²) in [6, 6.07) is -0.149. The second kappa shape index (κ2) is 5.65. The Hall–Kier alpha value is -0.170. The van der Waals surface area contributed by atoms with Crippen LogP contribution in [0.5, 0.6) is 0 Å². The van der Waals surface area contributed by atoms with Gasteiger partial charge in [0.25, 0.3) is 0 Å². The van der Waals surface area contributed by atoms with E-state index in [1.165, 1.54) is 6.08 Å². The smallest absolute Gasteiger partial charge is 0.246 e. The molecular formula is C9H14FIN2O. The van der Waals surface area contributed by atoms with Crippen molar-refractivity contribution in [1.82, 2.24) is 9.80 Å². The van der Waals surface area contributed by atoms with Gasteiger partial charge in [-0.2, -0.15) is 0 Å². The van der Waals surface area contributed by atoms with E-state index in [2.05, 4.69) is 29.2 Å². The standard InChI is InChI=1S/C9H14FIN2O/c1-2-9(14)12-3-4-13(7-11)8(5-10)6-12/h2,8H,1,3-7H2. The third kappa shape index (κ3) is 2.66. The van der Waals surface area contributed by atoms with Crippen molar-refractivity contribution in [3.63, 3.8) is 0 Å². The van der Waals surface area contributed by atoms with Crippen molar-refractivity contribution >= 4 is 28.5 Å². The number of amides is 1. The maximum absolute atomic E-state index is 12.6. The Labute approximate surface area is 97.1 Å². The summed E-state index contributed by atoms with van der Waals surface area (Å²) in [5.41, 5.74) is 0. The predicted molar refractivity (Wildman–Crippen MR) is 62.1 cm³/mol. The van der Waals surface area contributed by atoms with Crippen LogP contribution in [-0.4, -0.2) is 52.6 Å². The fraction of sp³-hybridized carbons (Fsp3) is 0.667. The van der Waals surface area contributed by atoms with E-state index >= 15 is 0 Å². The lowest BCUT2D eigenvalue weighted by molar-refractivity contribution is -0.128. The number of nitrogens with zero attached hydrogens (tertiary/aromatic N) is 2. The number of hydrogen-bond donors (Lipinski definition) is 0. The first kappa shape index (κ1) is 11.9. The molecule has 0 bridgehead atoms. The summed E-state index contributed by atoms with van der Waals surface area (Å²) >= 11 is 2.21. The molecule has 1 aliphatic heterocycles. The molecule has 1 unspecified atom stereocenters. The molecule has 1 atom stereocenters. The van der Waals surface area contributed by atoms with Crippen LogP contribution in [0, 0.1) is 0 Å². The number of carbonyl (C=O) groups is 1. The lowest BCUT2D eigenvalue weighted by Crippen LogP contribution is -2.54. The molecule has 0 aliphatic carbocycles. The Morgan fingerprint density at radius 1 is 1.64 bits per heavy atom. The Kier molecular flexibility index (Phi) is 4.80. The highest BCUT2D eigenvalue weighted by Crippen LogP contribution is 2.12. The average molecular weight is 312 g/mol. The largest absolute Gasteiger partial charge is 0.336 e. The van der Waals surface area contributed by atoms with E-state index in [0.717, 1.165) is 11.1 Å². The molecular weight excluding hydrogens is 298 g/mol. The highest BCUT2D eigenvalue weighted by atomic mass is 127. The van der Waals surface area contributed by atoms with Gasteiger partial charge >= 0.3 is 0 Å². The van der Waals surface area contributed by atoms with Crippen molar-refractivity contribution in [1.29, 1.82) is 0 Å². The summed E-state index contributed by atoms with van der Waals surface area (Å²) in [6.45, 7) is 4.92. The highest BCUT2D eigenvalue weighted by Gasteiger charge is 2.27. The lowest BCUT2D eigenvalue weighted by atomic mass is 10.2. The maximum Gasteiger partial charge on any atom is 0.246 e. The van der Waals surface area contributed by atoms with Crippen LogP contribution >= 0.6 is 22.6 Å². The Morgan fingerprint density at radius 3 is 2.86 bits per heavy atom. The van der Waals surface area contributed by atoms with Gasteiger partial charge in [0, 0.05) is 19.6 Å². The molecule has 1 amide bonds. The summed E-state index contributed by atoms with van der Waals surface area (Å²) in [5, 5.41) is 0. The number of carbonyl (C=O) groups excluding carboxylic acids is 1. The van der Waals surface area contributed by atoms with E-state index in [1.807, 2.05) is 4.90 Å². The summed E-state index contributed by atoms with van der Waals surface area (Å²) in [5.74, 6) is -0.100. The maximum atomic E-state index is 12.6. The predicted octanol–water partition coefficient (Wildman–Crippen LogP) is 1.05. The summed E-state index contributed by atoms with van der Waals surface area (Å²) in [4.78, 5) is 15.0. The lowest BCUT2D eigenvalue weighted by Gasteiger charge is -2.38. The summed E-state index contributed by atoms with van der Waals surface area (Å²) < 4.78 is 13.5. The van der Waals surface area contributed by atoms with Crippen molar-refractivity contribution in [2.75, 3.05) is 30.9 Å². The van der Waals surface area contributed by atoms with E-state index in [1.54, 1.807) is 4.90 Å². The fourth-order valence-electron chi connectivity index (χ4n) is 1.53. The van der Waals surface area contributed by atoms with E-state index in [9.17, 15) is 9.18 Å². The van der Waals surface area contributed by atoms with Gasteiger partial charge in [0.05, 0.1) is 10.6 Å². The molecule has 1 saturated heterocycles. The van der Waals surface area contributed by atoms with Crippen molar-refractivity contribution in [3.05, 3.63) is 12.7 Å². The van der Waals surface area contributed by atoms with Gasteiger partial charge in [-0.15, -0.1) is 0 Å². The summed E-state index contributed by atoms with van der Waals surface area (Å²) in [7, 11) is 0. The normalized spacial score (nSPS) is 23.6. The molecule has 1 heterocycles. The second-order valence-electron chi connectivity index (χ2n) is 3.23. The first-order valence-electron chi connectivity index (χ1n) is 4.50. The minimum Gasteiger partial charge on any atom is -0.336 e. The molecule has 0 spiro atoms. The molecule has 0 radical (unpaired) electrons. The molecule has 1 fully saturated rings. The molecule has 1 rings (SSSR count). The zero-order valence-corrected chi connectivity index (χ0v) is 10.1. The first-order valence-corrected chi connectivity index (χ1v) is 6.02. The number of alkyl halides is 2. The molecule has 14 heavy (non-hydrogen) atoms. The van der Waals surface area contributed by atoms with Crippen LogP contribution < -0.4 is 0 Å². The van der Waals surface area contributed by atoms with Crippen LogP contribution in [-0.2, 0) is 4.79 Å². The monoisotopic (exact) mass is 312 g/mol. The number of halogens is 2. The third-order valence-electron chi connectivity index (χ3n) is 2.42. The van der Waals surface area contributed by atoms with Crippen LogP contribution in [0.3, 0.4) is 0 Å². The molecule has 80 valence electrons. The third-order valence-corrected chi connectivity index (χ3v) is 3.30. The molecule has 0 saturated carbocycles. The number of hydrogen-bond acceptors (Lipinski definition) is 2. The van der Waals surface area contributed by atoms with E-state index in [4.69, 9.17) is 0 Å². The zero-order valence-electron chi connectivity index (χ0n) is 7.96. The van der Waals surface area contributed by atoms with Crippen LogP contribution in [0.25, 0.3) is 0 Å². The van der Waals surface area contributed by atoms with Crippen LogP contribution in [0.15, 0.2) is 12.7 Å². The van der Waals surface area contributed by atoms with Gasteiger partial charge in [0.2, 0.25) is 5.91 Å². The van der Waals surface area contributed by atoms with E-state index in [-0.39, 0.29) is 11.9 Å². The highest BCUT2D eigenvalue weighted by molar-refractivity contribution is 14.1. The molecule has 0 aromatic carbocycles. The minimum atomic E-state index is -0.399. The molecule has 0 N–H and O–H groups in total. The van der Waals surface area contributed by atoms with Gasteiger partial charge in [0.15, 0.2) is 0 Å². The Bertz CT molecular complexity index is 225. The van der Waals surface area contributed by atoms with Crippen molar-refractivity contribution in [2.24, 2.45) is 0 Å².